The Morgan fingerprint density at radius 3 is 2.54 bits per heavy atom. The van der Waals surface area contributed by atoms with Gasteiger partial charge in [-0.05, 0) is 49.9 Å². The predicted molar refractivity (Wildman–Crippen MR) is 97.7 cm³/mol. The van der Waals surface area contributed by atoms with Crippen molar-refractivity contribution in [3.05, 3.63) is 63.1 Å². The number of carbonyl (C=O) groups excluding carboxylic acids is 1. The third kappa shape index (κ3) is 4.36. The molecule has 0 saturated carbocycles. The molecule has 2 aromatic rings. The second kappa shape index (κ2) is 7.65. The van der Waals surface area contributed by atoms with E-state index in [1.807, 2.05) is 31.2 Å². The Bertz CT molecular complexity index is 871. The van der Waals surface area contributed by atoms with Crippen molar-refractivity contribution in [3.8, 4) is 0 Å². The molecule has 1 amide bonds. The van der Waals surface area contributed by atoms with Crippen molar-refractivity contribution >= 4 is 43.5 Å². The minimum absolute atomic E-state index is 0.0188. The zero-order valence-electron chi connectivity index (χ0n) is 13.0. The molecule has 1 unspecified atom stereocenters. The molecular formula is C16H16BrClN2O3S. The fourth-order valence-electron chi connectivity index (χ4n) is 2.10. The van der Waals surface area contributed by atoms with Crippen LogP contribution in [0.2, 0.25) is 5.02 Å². The number of halogens is 2. The molecule has 8 heteroatoms. The molecular weight excluding hydrogens is 416 g/mol. The Labute approximate surface area is 154 Å². The van der Waals surface area contributed by atoms with E-state index < -0.39 is 15.9 Å². The van der Waals surface area contributed by atoms with Crippen molar-refractivity contribution in [3.63, 3.8) is 0 Å². The highest BCUT2D eigenvalue weighted by molar-refractivity contribution is 9.10. The van der Waals surface area contributed by atoms with E-state index >= 15 is 0 Å². The predicted octanol–water partition coefficient (Wildman–Crippen LogP) is 3.50. The summed E-state index contributed by atoms with van der Waals surface area (Å²) in [6, 6.07) is 11.3. The van der Waals surface area contributed by atoms with E-state index in [-0.39, 0.29) is 21.5 Å². The first-order valence-corrected chi connectivity index (χ1v) is 9.69. The molecule has 2 N–H and O–H groups in total. The van der Waals surface area contributed by atoms with Gasteiger partial charge >= 0.3 is 0 Å². The van der Waals surface area contributed by atoms with Gasteiger partial charge in [0, 0.05) is 4.47 Å². The van der Waals surface area contributed by atoms with Gasteiger partial charge in [0.15, 0.2) is 0 Å². The molecule has 0 aromatic heterocycles. The van der Waals surface area contributed by atoms with E-state index in [1.54, 1.807) is 0 Å². The minimum atomic E-state index is -3.65. The van der Waals surface area contributed by atoms with E-state index in [9.17, 15) is 13.2 Å². The summed E-state index contributed by atoms with van der Waals surface area (Å²) in [5.41, 5.74) is 1.02. The summed E-state index contributed by atoms with van der Waals surface area (Å²) >= 11 is 9.44. The summed E-state index contributed by atoms with van der Waals surface area (Å²) in [6.07, 6.45) is 0. The molecule has 2 rings (SSSR count). The average Bonchev–Trinajstić information content (AvgIpc) is 2.54. The molecule has 0 aliphatic rings. The molecule has 24 heavy (non-hydrogen) atoms. The standard InChI is InChI=1S/C16H16BrClN2O3S/c1-10(11-4-3-5-12(17)8-11)20-16(21)14-9-13(6-7-15(14)18)24(22,23)19-2/h3-10,19H,1-2H3,(H,20,21). The topological polar surface area (TPSA) is 75.3 Å². The third-order valence-electron chi connectivity index (χ3n) is 3.46. The molecule has 128 valence electrons. The maximum absolute atomic E-state index is 12.5. The molecule has 0 aliphatic carbocycles. The smallest absolute Gasteiger partial charge is 0.253 e. The molecule has 0 spiro atoms. The van der Waals surface area contributed by atoms with E-state index in [0.717, 1.165) is 10.0 Å². The van der Waals surface area contributed by atoms with Crippen LogP contribution in [0.3, 0.4) is 0 Å². The summed E-state index contributed by atoms with van der Waals surface area (Å²) < 4.78 is 26.9. The van der Waals surface area contributed by atoms with Crippen LogP contribution in [0.4, 0.5) is 0 Å². The number of carbonyl (C=O) groups is 1. The normalized spacial score (nSPS) is 12.7. The molecule has 0 saturated heterocycles. The van der Waals surface area contributed by atoms with Gasteiger partial charge < -0.3 is 5.32 Å². The Morgan fingerprint density at radius 1 is 1.21 bits per heavy atom. The van der Waals surface area contributed by atoms with Crippen LogP contribution in [0.5, 0.6) is 0 Å². The van der Waals surface area contributed by atoms with Crippen molar-refractivity contribution in [2.45, 2.75) is 17.9 Å². The van der Waals surface area contributed by atoms with Crippen molar-refractivity contribution < 1.29 is 13.2 Å². The van der Waals surface area contributed by atoms with Crippen molar-refractivity contribution in [1.82, 2.24) is 10.0 Å². The van der Waals surface area contributed by atoms with Gasteiger partial charge in [0.2, 0.25) is 10.0 Å². The second-order valence-corrected chi connectivity index (χ2v) is 8.31. The molecule has 0 radical (unpaired) electrons. The van der Waals surface area contributed by atoms with Crippen LogP contribution in [0, 0.1) is 0 Å². The van der Waals surface area contributed by atoms with Gasteiger partial charge in [-0.2, -0.15) is 0 Å². The summed E-state index contributed by atoms with van der Waals surface area (Å²) in [4.78, 5) is 12.5. The largest absolute Gasteiger partial charge is 0.345 e. The highest BCUT2D eigenvalue weighted by Gasteiger charge is 2.19. The van der Waals surface area contributed by atoms with Crippen LogP contribution < -0.4 is 10.0 Å². The lowest BCUT2D eigenvalue weighted by Gasteiger charge is -2.16. The second-order valence-electron chi connectivity index (χ2n) is 5.10. The van der Waals surface area contributed by atoms with E-state index in [2.05, 4.69) is 26.0 Å². The SMILES string of the molecule is CNS(=O)(=O)c1ccc(Cl)c(C(=O)NC(C)c2cccc(Br)c2)c1. The lowest BCUT2D eigenvalue weighted by atomic mass is 10.1. The molecule has 0 aliphatic heterocycles. The van der Waals surface area contributed by atoms with Crippen LogP contribution >= 0.6 is 27.5 Å². The Balaban J connectivity index is 2.28. The highest BCUT2D eigenvalue weighted by Crippen LogP contribution is 2.22. The van der Waals surface area contributed by atoms with Gasteiger partial charge in [-0.15, -0.1) is 0 Å². The number of hydrogen-bond donors (Lipinski definition) is 2. The third-order valence-corrected chi connectivity index (χ3v) is 5.69. The number of hydrogen-bond acceptors (Lipinski definition) is 3. The van der Waals surface area contributed by atoms with Crippen LogP contribution in [0.15, 0.2) is 51.8 Å². The lowest BCUT2D eigenvalue weighted by Crippen LogP contribution is -2.27. The van der Waals surface area contributed by atoms with E-state index in [4.69, 9.17) is 11.6 Å². The van der Waals surface area contributed by atoms with Crippen LogP contribution in [0.1, 0.15) is 28.9 Å². The Morgan fingerprint density at radius 2 is 1.92 bits per heavy atom. The summed E-state index contributed by atoms with van der Waals surface area (Å²) in [5.74, 6) is -0.444. The van der Waals surface area contributed by atoms with Gasteiger partial charge in [0.05, 0.1) is 21.5 Å². The average molecular weight is 432 g/mol. The number of sulfonamides is 1. The summed E-state index contributed by atoms with van der Waals surface area (Å²) in [6.45, 7) is 1.84. The van der Waals surface area contributed by atoms with Gasteiger partial charge in [0.25, 0.3) is 5.91 Å². The minimum Gasteiger partial charge on any atom is -0.345 e. The number of benzene rings is 2. The summed E-state index contributed by atoms with van der Waals surface area (Å²) in [5, 5.41) is 3.00. The van der Waals surface area contributed by atoms with Crippen LogP contribution in [-0.2, 0) is 10.0 Å². The number of amides is 1. The monoisotopic (exact) mass is 430 g/mol. The van der Waals surface area contributed by atoms with Gasteiger partial charge in [-0.25, -0.2) is 13.1 Å². The fraction of sp³-hybridized carbons (Fsp3) is 0.188. The molecule has 0 fully saturated rings. The van der Waals surface area contributed by atoms with Crippen LogP contribution in [0.25, 0.3) is 0 Å². The molecule has 0 bridgehead atoms. The maximum atomic E-state index is 12.5. The van der Waals surface area contributed by atoms with Gasteiger partial charge in [0.1, 0.15) is 0 Å². The van der Waals surface area contributed by atoms with Gasteiger partial charge in [-0.3, -0.25) is 4.79 Å². The highest BCUT2D eigenvalue weighted by atomic mass is 79.9. The first-order chi connectivity index (χ1) is 11.2. The van der Waals surface area contributed by atoms with Crippen molar-refractivity contribution in [1.29, 1.82) is 0 Å². The van der Waals surface area contributed by atoms with Crippen LogP contribution in [-0.4, -0.2) is 21.4 Å². The first kappa shape index (κ1) is 18.9. The van der Waals surface area contributed by atoms with Gasteiger partial charge in [-0.1, -0.05) is 39.7 Å². The zero-order chi connectivity index (χ0) is 17.9. The maximum Gasteiger partial charge on any atom is 0.253 e. The number of nitrogens with one attached hydrogen (secondary N) is 2. The molecule has 5 nitrogen and oxygen atoms in total. The first-order valence-electron chi connectivity index (χ1n) is 7.04. The Hall–Kier alpha value is -1.41. The van der Waals surface area contributed by atoms with Crippen molar-refractivity contribution in [2.75, 3.05) is 7.05 Å². The van der Waals surface area contributed by atoms with Crippen molar-refractivity contribution in [2.24, 2.45) is 0 Å². The quantitative estimate of drug-likeness (QED) is 0.761. The van der Waals surface area contributed by atoms with E-state index in [1.165, 1.54) is 25.2 Å². The lowest BCUT2D eigenvalue weighted by molar-refractivity contribution is 0.0940. The molecule has 2 aromatic carbocycles. The molecule has 1 atom stereocenters. The van der Waals surface area contributed by atoms with E-state index in [0.29, 0.717) is 0 Å². The zero-order valence-corrected chi connectivity index (χ0v) is 16.2. The molecule has 0 heterocycles. The Kier molecular flexibility index (Phi) is 6.03. The fourth-order valence-corrected chi connectivity index (χ4v) is 3.47. The number of rotatable bonds is 5. The summed E-state index contributed by atoms with van der Waals surface area (Å²) in [7, 11) is -2.35.